The van der Waals surface area contributed by atoms with Gasteiger partial charge in [0.25, 0.3) is 0 Å². The fourth-order valence-electron chi connectivity index (χ4n) is 1.92. The van der Waals surface area contributed by atoms with Crippen LogP contribution in [0.1, 0.15) is 17.7 Å². The largest absolute Gasteiger partial charge is 0.340 e. The van der Waals surface area contributed by atoms with Crippen molar-refractivity contribution in [1.29, 1.82) is 0 Å². The van der Waals surface area contributed by atoms with E-state index in [0.29, 0.717) is 19.4 Å². The second-order valence-electron chi connectivity index (χ2n) is 4.70. The van der Waals surface area contributed by atoms with Crippen LogP contribution in [0.15, 0.2) is 48.7 Å². The van der Waals surface area contributed by atoms with Gasteiger partial charge in [-0.1, -0.05) is 18.2 Å². The first-order chi connectivity index (χ1) is 9.65. The number of benzene rings is 1. The zero-order valence-corrected chi connectivity index (χ0v) is 11.4. The highest BCUT2D eigenvalue weighted by molar-refractivity contribution is 5.76. The molecule has 0 spiro atoms. The summed E-state index contributed by atoms with van der Waals surface area (Å²) >= 11 is 0. The van der Waals surface area contributed by atoms with Gasteiger partial charge in [-0.15, -0.1) is 0 Å². The average molecular weight is 272 g/mol. The highest BCUT2D eigenvalue weighted by Crippen LogP contribution is 2.07. The van der Waals surface area contributed by atoms with Gasteiger partial charge in [0, 0.05) is 19.7 Å². The minimum Gasteiger partial charge on any atom is -0.340 e. The molecular formula is C16H17FN2O. The van der Waals surface area contributed by atoms with Crippen LogP contribution >= 0.6 is 0 Å². The number of carbonyl (C=O) groups is 1. The van der Waals surface area contributed by atoms with Crippen molar-refractivity contribution >= 4 is 5.91 Å². The van der Waals surface area contributed by atoms with Crippen LogP contribution in [0.5, 0.6) is 0 Å². The predicted molar refractivity (Wildman–Crippen MR) is 75.4 cm³/mol. The van der Waals surface area contributed by atoms with Crippen molar-refractivity contribution in [2.24, 2.45) is 0 Å². The molecule has 0 unspecified atom stereocenters. The lowest BCUT2D eigenvalue weighted by Crippen LogP contribution is -2.26. The number of aryl methyl sites for hydroxylation is 1. The number of aromatic nitrogens is 1. The van der Waals surface area contributed by atoms with E-state index in [0.717, 1.165) is 11.3 Å². The molecule has 0 bridgehead atoms. The molecule has 0 N–H and O–H groups in total. The third-order valence-electron chi connectivity index (χ3n) is 3.09. The maximum atomic E-state index is 12.8. The highest BCUT2D eigenvalue weighted by Gasteiger charge is 2.09. The molecule has 2 rings (SSSR count). The summed E-state index contributed by atoms with van der Waals surface area (Å²) in [5, 5.41) is 0. The van der Waals surface area contributed by atoms with Crippen molar-refractivity contribution in [2.45, 2.75) is 19.4 Å². The monoisotopic (exact) mass is 272 g/mol. The van der Waals surface area contributed by atoms with Crippen molar-refractivity contribution in [2.75, 3.05) is 7.05 Å². The zero-order chi connectivity index (χ0) is 14.4. The molecule has 104 valence electrons. The Bertz CT molecular complexity index is 554. The van der Waals surface area contributed by atoms with Crippen LogP contribution in [0.3, 0.4) is 0 Å². The van der Waals surface area contributed by atoms with E-state index in [1.54, 1.807) is 30.3 Å². The van der Waals surface area contributed by atoms with Crippen molar-refractivity contribution < 1.29 is 9.18 Å². The lowest BCUT2D eigenvalue weighted by Gasteiger charge is -2.16. The lowest BCUT2D eigenvalue weighted by atomic mass is 10.1. The van der Waals surface area contributed by atoms with Crippen LogP contribution in [-0.2, 0) is 17.8 Å². The number of pyridine rings is 1. The maximum absolute atomic E-state index is 12.8. The molecule has 1 aromatic heterocycles. The van der Waals surface area contributed by atoms with E-state index in [-0.39, 0.29) is 11.7 Å². The summed E-state index contributed by atoms with van der Waals surface area (Å²) in [5.41, 5.74) is 1.83. The minimum atomic E-state index is -0.257. The highest BCUT2D eigenvalue weighted by atomic mass is 19.1. The number of amides is 1. The van der Waals surface area contributed by atoms with Gasteiger partial charge in [-0.3, -0.25) is 9.78 Å². The van der Waals surface area contributed by atoms with Gasteiger partial charge in [0.1, 0.15) is 5.82 Å². The van der Waals surface area contributed by atoms with E-state index < -0.39 is 0 Å². The summed E-state index contributed by atoms with van der Waals surface area (Å²) in [6.07, 6.45) is 2.74. The fourth-order valence-corrected chi connectivity index (χ4v) is 1.92. The van der Waals surface area contributed by atoms with Crippen molar-refractivity contribution in [3.63, 3.8) is 0 Å². The summed E-state index contributed by atoms with van der Waals surface area (Å²) in [5.74, 6) is -0.202. The van der Waals surface area contributed by atoms with Crippen LogP contribution in [0.4, 0.5) is 4.39 Å². The van der Waals surface area contributed by atoms with Gasteiger partial charge in [-0.2, -0.15) is 0 Å². The van der Waals surface area contributed by atoms with Gasteiger partial charge < -0.3 is 4.90 Å². The van der Waals surface area contributed by atoms with E-state index >= 15 is 0 Å². The first kappa shape index (κ1) is 14.2. The van der Waals surface area contributed by atoms with E-state index in [2.05, 4.69) is 4.98 Å². The second kappa shape index (κ2) is 6.80. The third kappa shape index (κ3) is 4.16. The molecule has 20 heavy (non-hydrogen) atoms. The van der Waals surface area contributed by atoms with Crippen LogP contribution in [0.2, 0.25) is 0 Å². The first-order valence-electron chi connectivity index (χ1n) is 6.53. The molecule has 1 amide bonds. The quantitative estimate of drug-likeness (QED) is 0.838. The number of hydrogen-bond donors (Lipinski definition) is 0. The van der Waals surface area contributed by atoms with E-state index in [9.17, 15) is 9.18 Å². The fraction of sp³-hybridized carbons (Fsp3) is 0.250. The van der Waals surface area contributed by atoms with Gasteiger partial charge in [-0.25, -0.2) is 4.39 Å². The first-order valence-corrected chi connectivity index (χ1v) is 6.53. The molecule has 1 aromatic carbocycles. The van der Waals surface area contributed by atoms with Crippen molar-refractivity contribution in [3.05, 3.63) is 65.7 Å². The SMILES string of the molecule is CN(Cc1ccccn1)C(=O)CCc1ccc(F)cc1. The Kier molecular flexibility index (Phi) is 4.82. The van der Waals surface area contributed by atoms with Gasteiger partial charge in [0.15, 0.2) is 0 Å². The van der Waals surface area contributed by atoms with Crippen LogP contribution in [-0.4, -0.2) is 22.8 Å². The van der Waals surface area contributed by atoms with Gasteiger partial charge in [0.05, 0.1) is 12.2 Å². The Balaban J connectivity index is 1.83. The topological polar surface area (TPSA) is 33.2 Å². The molecule has 1 heterocycles. The average Bonchev–Trinajstić information content (AvgIpc) is 2.47. The molecule has 2 aromatic rings. The Hall–Kier alpha value is -2.23. The molecule has 3 nitrogen and oxygen atoms in total. The molecule has 4 heteroatoms. The molecule has 0 atom stereocenters. The summed E-state index contributed by atoms with van der Waals surface area (Å²) in [4.78, 5) is 17.9. The van der Waals surface area contributed by atoms with Crippen LogP contribution < -0.4 is 0 Å². The number of rotatable bonds is 5. The Morgan fingerprint density at radius 1 is 1.20 bits per heavy atom. The summed E-state index contributed by atoms with van der Waals surface area (Å²) < 4.78 is 12.8. The number of carbonyl (C=O) groups excluding carboxylic acids is 1. The van der Waals surface area contributed by atoms with E-state index in [1.165, 1.54) is 12.1 Å². The molecule has 0 fully saturated rings. The smallest absolute Gasteiger partial charge is 0.222 e. The van der Waals surface area contributed by atoms with Crippen LogP contribution in [0.25, 0.3) is 0 Å². The lowest BCUT2D eigenvalue weighted by molar-refractivity contribution is -0.130. The molecule has 0 saturated carbocycles. The van der Waals surface area contributed by atoms with E-state index in [4.69, 9.17) is 0 Å². The maximum Gasteiger partial charge on any atom is 0.222 e. The van der Waals surface area contributed by atoms with Gasteiger partial charge in [0.2, 0.25) is 5.91 Å². The van der Waals surface area contributed by atoms with Crippen LogP contribution in [0, 0.1) is 5.82 Å². The standard InChI is InChI=1S/C16H17FN2O/c1-19(12-15-4-2-3-11-18-15)16(20)10-7-13-5-8-14(17)9-6-13/h2-6,8-9,11H,7,10,12H2,1H3. The Labute approximate surface area is 118 Å². The summed E-state index contributed by atoms with van der Waals surface area (Å²) in [6, 6.07) is 11.9. The van der Waals surface area contributed by atoms with Gasteiger partial charge >= 0.3 is 0 Å². The zero-order valence-electron chi connectivity index (χ0n) is 11.4. The molecule has 0 radical (unpaired) electrons. The molecule has 0 saturated heterocycles. The Morgan fingerprint density at radius 3 is 2.60 bits per heavy atom. The molecule has 0 aliphatic carbocycles. The number of halogens is 1. The molecule has 0 aliphatic heterocycles. The van der Waals surface area contributed by atoms with Crippen molar-refractivity contribution in [1.82, 2.24) is 9.88 Å². The third-order valence-corrected chi connectivity index (χ3v) is 3.09. The molecular weight excluding hydrogens is 255 g/mol. The summed E-state index contributed by atoms with van der Waals surface area (Å²) in [7, 11) is 1.77. The Morgan fingerprint density at radius 2 is 1.95 bits per heavy atom. The second-order valence-corrected chi connectivity index (χ2v) is 4.70. The van der Waals surface area contributed by atoms with Crippen molar-refractivity contribution in [3.8, 4) is 0 Å². The molecule has 0 aliphatic rings. The number of hydrogen-bond acceptors (Lipinski definition) is 2. The van der Waals surface area contributed by atoms with E-state index in [1.807, 2.05) is 18.2 Å². The number of nitrogens with zero attached hydrogens (tertiary/aromatic N) is 2. The predicted octanol–water partition coefficient (Wildman–Crippen LogP) is 2.81. The van der Waals surface area contributed by atoms with Gasteiger partial charge in [-0.05, 0) is 36.2 Å². The minimum absolute atomic E-state index is 0.0555. The normalized spacial score (nSPS) is 10.3. The summed E-state index contributed by atoms with van der Waals surface area (Å²) in [6.45, 7) is 0.503.